The van der Waals surface area contributed by atoms with Crippen LogP contribution in [-0.4, -0.2) is 49.5 Å². The Hall–Kier alpha value is -1.60. The standard InChI is InChI=1S/C13H16BrN3O3/c1-20-11-3-2-8(6-9(11)14)13(19)17-5-4-16-7-10(17)12(15)18/h2-3,6,10,16H,4-5,7H2,1H3,(H2,15,18). The number of halogens is 1. The van der Waals surface area contributed by atoms with Gasteiger partial charge in [-0.05, 0) is 34.1 Å². The van der Waals surface area contributed by atoms with Gasteiger partial charge in [-0.3, -0.25) is 9.59 Å². The van der Waals surface area contributed by atoms with Gasteiger partial charge in [0.25, 0.3) is 5.91 Å². The largest absolute Gasteiger partial charge is 0.496 e. The fraction of sp³-hybridized carbons (Fsp3) is 0.385. The fourth-order valence-electron chi connectivity index (χ4n) is 2.17. The number of nitrogens with one attached hydrogen (secondary N) is 1. The molecule has 2 rings (SSSR count). The highest BCUT2D eigenvalue weighted by Gasteiger charge is 2.31. The van der Waals surface area contributed by atoms with Gasteiger partial charge >= 0.3 is 0 Å². The molecule has 1 heterocycles. The second-order valence-corrected chi connectivity index (χ2v) is 5.32. The van der Waals surface area contributed by atoms with Gasteiger partial charge in [-0.25, -0.2) is 0 Å². The first-order chi connectivity index (χ1) is 9.54. The van der Waals surface area contributed by atoms with Crippen molar-refractivity contribution in [3.8, 4) is 5.75 Å². The second-order valence-electron chi connectivity index (χ2n) is 4.47. The number of amides is 2. The van der Waals surface area contributed by atoms with Gasteiger partial charge in [-0.1, -0.05) is 0 Å². The zero-order chi connectivity index (χ0) is 14.7. The van der Waals surface area contributed by atoms with Crippen LogP contribution in [0.3, 0.4) is 0 Å². The van der Waals surface area contributed by atoms with E-state index in [0.29, 0.717) is 35.4 Å². The monoisotopic (exact) mass is 341 g/mol. The summed E-state index contributed by atoms with van der Waals surface area (Å²) in [4.78, 5) is 25.4. The lowest BCUT2D eigenvalue weighted by atomic mass is 10.1. The van der Waals surface area contributed by atoms with Crippen molar-refractivity contribution < 1.29 is 14.3 Å². The minimum Gasteiger partial charge on any atom is -0.496 e. The molecule has 3 N–H and O–H groups in total. The summed E-state index contributed by atoms with van der Waals surface area (Å²) in [6.07, 6.45) is 0. The second kappa shape index (κ2) is 6.23. The maximum absolute atomic E-state index is 12.5. The summed E-state index contributed by atoms with van der Waals surface area (Å²) in [6.45, 7) is 1.49. The normalized spacial score (nSPS) is 18.7. The third-order valence-corrected chi connectivity index (χ3v) is 3.85. The van der Waals surface area contributed by atoms with Crippen LogP contribution in [0.5, 0.6) is 5.75 Å². The predicted octanol–water partition coefficient (Wildman–Crippen LogP) is 0.357. The molecule has 1 atom stereocenters. The van der Waals surface area contributed by atoms with Gasteiger partial charge in [0.2, 0.25) is 5.91 Å². The van der Waals surface area contributed by atoms with Crippen molar-refractivity contribution in [2.45, 2.75) is 6.04 Å². The minimum atomic E-state index is -0.614. The number of carbonyl (C=O) groups is 2. The lowest BCUT2D eigenvalue weighted by Gasteiger charge is -2.34. The molecule has 1 aromatic rings. The van der Waals surface area contributed by atoms with Crippen LogP contribution in [0.2, 0.25) is 0 Å². The Morgan fingerprint density at radius 2 is 2.25 bits per heavy atom. The van der Waals surface area contributed by atoms with Crippen molar-refractivity contribution in [2.24, 2.45) is 5.73 Å². The topological polar surface area (TPSA) is 84.7 Å². The van der Waals surface area contributed by atoms with Gasteiger partial charge in [-0.15, -0.1) is 0 Å². The van der Waals surface area contributed by atoms with Crippen LogP contribution in [0.1, 0.15) is 10.4 Å². The van der Waals surface area contributed by atoms with E-state index in [4.69, 9.17) is 10.5 Å². The van der Waals surface area contributed by atoms with Crippen molar-refractivity contribution in [3.05, 3.63) is 28.2 Å². The first kappa shape index (κ1) is 14.8. The van der Waals surface area contributed by atoms with Crippen molar-refractivity contribution in [2.75, 3.05) is 26.7 Å². The molecule has 0 bridgehead atoms. The summed E-state index contributed by atoms with van der Waals surface area (Å²) in [6, 6.07) is 4.45. The van der Waals surface area contributed by atoms with Crippen molar-refractivity contribution in [1.29, 1.82) is 0 Å². The molecule has 0 aliphatic carbocycles. The molecule has 1 aliphatic rings. The Morgan fingerprint density at radius 3 is 2.85 bits per heavy atom. The average molecular weight is 342 g/mol. The zero-order valence-electron chi connectivity index (χ0n) is 11.1. The number of nitrogens with zero attached hydrogens (tertiary/aromatic N) is 1. The molecule has 0 aromatic heterocycles. The number of piperazine rings is 1. The lowest BCUT2D eigenvalue weighted by molar-refractivity contribution is -0.122. The Kier molecular flexibility index (Phi) is 4.61. The van der Waals surface area contributed by atoms with Crippen LogP contribution in [0.25, 0.3) is 0 Å². The van der Waals surface area contributed by atoms with Gasteiger partial charge in [0, 0.05) is 25.2 Å². The Morgan fingerprint density at radius 1 is 1.50 bits per heavy atom. The SMILES string of the molecule is COc1ccc(C(=O)N2CCNCC2C(N)=O)cc1Br. The van der Waals surface area contributed by atoms with E-state index in [9.17, 15) is 9.59 Å². The molecule has 108 valence electrons. The molecule has 1 fully saturated rings. The van der Waals surface area contributed by atoms with Crippen molar-refractivity contribution >= 4 is 27.7 Å². The van der Waals surface area contributed by atoms with E-state index in [1.807, 2.05) is 0 Å². The molecule has 1 aromatic carbocycles. The van der Waals surface area contributed by atoms with Gasteiger partial charge in [0.05, 0.1) is 11.6 Å². The number of primary amides is 1. The molecule has 0 saturated carbocycles. The summed E-state index contributed by atoms with van der Waals surface area (Å²) >= 11 is 3.34. The molecule has 0 radical (unpaired) electrons. The number of hydrogen-bond acceptors (Lipinski definition) is 4. The summed E-state index contributed by atoms with van der Waals surface area (Å²) in [5.41, 5.74) is 5.84. The molecule has 1 aliphatic heterocycles. The summed E-state index contributed by atoms with van der Waals surface area (Å²) in [5.74, 6) is -0.0647. The number of rotatable bonds is 3. The number of carbonyl (C=O) groups excluding carboxylic acids is 2. The zero-order valence-corrected chi connectivity index (χ0v) is 12.6. The molecular formula is C13H16BrN3O3. The van der Waals surface area contributed by atoms with Crippen LogP contribution in [-0.2, 0) is 4.79 Å². The predicted molar refractivity (Wildman–Crippen MR) is 77.6 cm³/mol. The lowest BCUT2D eigenvalue weighted by Crippen LogP contribution is -2.58. The van der Waals surface area contributed by atoms with Crippen molar-refractivity contribution in [1.82, 2.24) is 10.2 Å². The molecule has 1 saturated heterocycles. The highest BCUT2D eigenvalue weighted by atomic mass is 79.9. The van der Waals surface area contributed by atoms with E-state index in [1.54, 1.807) is 25.3 Å². The Bertz CT molecular complexity index is 536. The average Bonchev–Trinajstić information content (AvgIpc) is 2.46. The van der Waals surface area contributed by atoms with Crippen molar-refractivity contribution in [3.63, 3.8) is 0 Å². The third-order valence-electron chi connectivity index (χ3n) is 3.23. The Labute approximate surface area is 125 Å². The van der Waals surface area contributed by atoms with Crippen LogP contribution in [0.15, 0.2) is 22.7 Å². The van der Waals surface area contributed by atoms with E-state index >= 15 is 0 Å². The first-order valence-electron chi connectivity index (χ1n) is 6.19. The molecule has 2 amide bonds. The maximum Gasteiger partial charge on any atom is 0.254 e. The van der Waals surface area contributed by atoms with E-state index in [-0.39, 0.29) is 5.91 Å². The van der Waals surface area contributed by atoms with Gasteiger partial charge in [0.1, 0.15) is 11.8 Å². The van der Waals surface area contributed by atoms with E-state index in [2.05, 4.69) is 21.2 Å². The molecule has 6 nitrogen and oxygen atoms in total. The van der Waals surface area contributed by atoms with E-state index in [0.717, 1.165) is 0 Å². The summed E-state index contributed by atoms with van der Waals surface area (Å²) in [5, 5.41) is 3.06. The Balaban J connectivity index is 2.25. The molecular weight excluding hydrogens is 326 g/mol. The molecule has 0 spiro atoms. The van der Waals surface area contributed by atoms with Gasteiger partial charge in [-0.2, -0.15) is 0 Å². The maximum atomic E-state index is 12.5. The number of ether oxygens (including phenoxy) is 1. The van der Waals surface area contributed by atoms with Crippen LogP contribution < -0.4 is 15.8 Å². The number of methoxy groups -OCH3 is 1. The highest BCUT2D eigenvalue weighted by Crippen LogP contribution is 2.26. The molecule has 1 unspecified atom stereocenters. The van der Waals surface area contributed by atoms with Crippen LogP contribution in [0, 0.1) is 0 Å². The third kappa shape index (κ3) is 2.94. The smallest absolute Gasteiger partial charge is 0.254 e. The minimum absolute atomic E-state index is 0.210. The van der Waals surface area contributed by atoms with E-state index in [1.165, 1.54) is 4.90 Å². The van der Waals surface area contributed by atoms with Crippen LogP contribution in [0.4, 0.5) is 0 Å². The van der Waals surface area contributed by atoms with Gasteiger partial charge < -0.3 is 20.7 Å². The molecule has 7 heteroatoms. The number of nitrogens with two attached hydrogens (primary N) is 1. The first-order valence-corrected chi connectivity index (χ1v) is 6.98. The quantitative estimate of drug-likeness (QED) is 0.831. The fourth-order valence-corrected chi connectivity index (χ4v) is 2.71. The summed E-state index contributed by atoms with van der Waals surface area (Å²) < 4.78 is 5.82. The van der Waals surface area contributed by atoms with Gasteiger partial charge in [0.15, 0.2) is 0 Å². The van der Waals surface area contributed by atoms with Crippen LogP contribution >= 0.6 is 15.9 Å². The highest BCUT2D eigenvalue weighted by molar-refractivity contribution is 9.10. The number of benzene rings is 1. The summed E-state index contributed by atoms with van der Waals surface area (Å²) in [7, 11) is 1.56. The molecule has 20 heavy (non-hydrogen) atoms. The van der Waals surface area contributed by atoms with E-state index < -0.39 is 11.9 Å². The number of hydrogen-bond donors (Lipinski definition) is 2.